The molecule has 0 radical (unpaired) electrons. The summed E-state index contributed by atoms with van der Waals surface area (Å²) < 4.78 is 5.71. The van der Waals surface area contributed by atoms with Crippen molar-refractivity contribution in [1.29, 1.82) is 0 Å². The Hall–Kier alpha value is -3.65. The molecule has 3 heterocycles. The summed E-state index contributed by atoms with van der Waals surface area (Å²) in [5, 5.41) is 23.2. The minimum absolute atomic E-state index is 0.00843. The second-order valence-corrected chi connectivity index (χ2v) is 8.41. The molecule has 156 valence electrons. The summed E-state index contributed by atoms with van der Waals surface area (Å²) in [6.07, 6.45) is 2.27. The minimum Gasteiger partial charge on any atom is -0.508 e. The van der Waals surface area contributed by atoms with Gasteiger partial charge in [-0.05, 0) is 48.4 Å². The topological polar surface area (TPSA) is 100.0 Å². The number of nitrogens with zero attached hydrogens (tertiary/aromatic N) is 2. The van der Waals surface area contributed by atoms with Gasteiger partial charge in [-0.1, -0.05) is 12.1 Å². The number of aliphatic hydroxyl groups excluding tert-OH is 1. The number of ether oxygens (including phenoxy) is 1. The second-order valence-electron chi connectivity index (χ2n) is 7.53. The summed E-state index contributed by atoms with van der Waals surface area (Å²) >= 11 is 1.21. The van der Waals surface area contributed by atoms with Crippen LogP contribution in [0.2, 0.25) is 0 Å². The van der Waals surface area contributed by atoms with Gasteiger partial charge in [0.15, 0.2) is 5.13 Å². The van der Waals surface area contributed by atoms with E-state index < -0.39 is 17.7 Å². The fourth-order valence-corrected chi connectivity index (χ4v) is 4.77. The van der Waals surface area contributed by atoms with Crippen molar-refractivity contribution in [3.63, 3.8) is 0 Å². The molecule has 2 N–H and O–H groups in total. The SMILES string of the molecule is CC1Cc2cc(/C(O)=C3/C(=O)C(=O)N(c4nccs4)C3c3cccc(O)c3)ccc2O1. The second kappa shape index (κ2) is 7.24. The van der Waals surface area contributed by atoms with Gasteiger partial charge >= 0.3 is 5.91 Å². The summed E-state index contributed by atoms with van der Waals surface area (Å²) in [5.74, 6) is -1.11. The monoisotopic (exact) mass is 434 g/mol. The molecule has 5 rings (SSSR count). The van der Waals surface area contributed by atoms with E-state index in [2.05, 4.69) is 4.98 Å². The largest absolute Gasteiger partial charge is 0.508 e. The van der Waals surface area contributed by atoms with Crippen LogP contribution in [-0.2, 0) is 16.0 Å². The van der Waals surface area contributed by atoms with E-state index >= 15 is 0 Å². The van der Waals surface area contributed by atoms with Crippen LogP contribution < -0.4 is 9.64 Å². The lowest BCUT2D eigenvalue weighted by atomic mass is 9.94. The first-order valence-electron chi connectivity index (χ1n) is 9.73. The first-order valence-corrected chi connectivity index (χ1v) is 10.6. The number of fused-ring (bicyclic) bond motifs is 1. The third kappa shape index (κ3) is 3.16. The number of amides is 1. The summed E-state index contributed by atoms with van der Waals surface area (Å²) in [6.45, 7) is 1.96. The van der Waals surface area contributed by atoms with Gasteiger partial charge in [-0.2, -0.15) is 0 Å². The third-order valence-corrected chi connectivity index (χ3v) is 6.20. The summed E-state index contributed by atoms with van der Waals surface area (Å²) in [5.41, 5.74) is 1.81. The maximum absolute atomic E-state index is 13.1. The molecular weight excluding hydrogens is 416 g/mol. The van der Waals surface area contributed by atoms with Gasteiger partial charge in [0.05, 0.1) is 11.6 Å². The molecule has 1 amide bonds. The number of benzene rings is 2. The molecule has 2 aromatic carbocycles. The van der Waals surface area contributed by atoms with Crippen LogP contribution in [0.25, 0.3) is 5.76 Å². The van der Waals surface area contributed by atoms with Crippen LogP contribution in [-0.4, -0.2) is 33.0 Å². The fourth-order valence-electron chi connectivity index (χ4n) is 4.10. The average Bonchev–Trinajstić information content (AvgIpc) is 3.45. The highest BCUT2D eigenvalue weighted by Crippen LogP contribution is 2.43. The lowest BCUT2D eigenvalue weighted by Crippen LogP contribution is -2.29. The number of aliphatic hydroxyl groups is 1. The van der Waals surface area contributed by atoms with E-state index in [0.717, 1.165) is 11.3 Å². The van der Waals surface area contributed by atoms with Crippen molar-refractivity contribution < 1.29 is 24.5 Å². The number of hydrogen-bond donors (Lipinski definition) is 2. The standard InChI is InChI=1S/C23H18N2O5S/c1-12-9-15-10-14(5-6-17(15)30-12)20(27)18-19(13-3-2-4-16(26)11-13)25(22(29)21(18)28)23-24-7-8-31-23/h2-8,10-12,19,26-27H,9H2,1H3/b20-18-. The highest BCUT2D eigenvalue weighted by atomic mass is 32.1. The van der Waals surface area contributed by atoms with Gasteiger partial charge in [0.25, 0.3) is 5.78 Å². The Morgan fingerprint density at radius 2 is 2.06 bits per heavy atom. The van der Waals surface area contributed by atoms with Crippen LogP contribution in [0.1, 0.15) is 29.7 Å². The molecular formula is C23H18N2O5S. The first-order chi connectivity index (χ1) is 14.9. The number of hydrogen-bond acceptors (Lipinski definition) is 7. The van der Waals surface area contributed by atoms with E-state index in [1.807, 2.05) is 6.92 Å². The van der Waals surface area contributed by atoms with Gasteiger partial charge < -0.3 is 14.9 Å². The number of aromatic hydroxyl groups is 1. The minimum atomic E-state index is -0.915. The molecule has 1 fully saturated rings. The zero-order valence-corrected chi connectivity index (χ0v) is 17.3. The maximum atomic E-state index is 13.1. The predicted octanol–water partition coefficient (Wildman–Crippen LogP) is 3.80. The Morgan fingerprint density at radius 1 is 1.23 bits per heavy atom. The molecule has 0 aliphatic carbocycles. The zero-order valence-electron chi connectivity index (χ0n) is 16.5. The molecule has 1 saturated heterocycles. The van der Waals surface area contributed by atoms with Gasteiger partial charge in [0.1, 0.15) is 23.4 Å². The lowest BCUT2D eigenvalue weighted by molar-refractivity contribution is -0.132. The van der Waals surface area contributed by atoms with Gasteiger partial charge in [-0.25, -0.2) is 4.98 Å². The molecule has 0 spiro atoms. The smallest absolute Gasteiger partial charge is 0.301 e. The molecule has 2 atom stereocenters. The van der Waals surface area contributed by atoms with Crippen molar-refractivity contribution in [2.75, 3.05) is 4.90 Å². The van der Waals surface area contributed by atoms with Gasteiger partial charge in [-0.15, -0.1) is 11.3 Å². The number of thiazole rings is 1. The number of rotatable bonds is 3. The van der Waals surface area contributed by atoms with Crippen molar-refractivity contribution in [3.05, 3.63) is 76.3 Å². The highest BCUT2D eigenvalue weighted by molar-refractivity contribution is 7.14. The molecule has 3 aromatic rings. The number of carbonyl (C=O) groups excluding carboxylic acids is 2. The van der Waals surface area contributed by atoms with E-state index in [1.54, 1.807) is 41.9 Å². The van der Waals surface area contributed by atoms with Crippen LogP contribution >= 0.6 is 11.3 Å². The third-order valence-electron chi connectivity index (χ3n) is 5.43. The molecule has 0 saturated carbocycles. The number of anilines is 1. The molecule has 2 aliphatic heterocycles. The molecule has 2 unspecified atom stereocenters. The Labute approximate surface area is 181 Å². The summed E-state index contributed by atoms with van der Waals surface area (Å²) in [4.78, 5) is 31.5. The van der Waals surface area contributed by atoms with Crippen molar-refractivity contribution in [1.82, 2.24) is 4.98 Å². The van der Waals surface area contributed by atoms with E-state index in [-0.39, 0.29) is 23.2 Å². The van der Waals surface area contributed by atoms with Crippen molar-refractivity contribution in [3.8, 4) is 11.5 Å². The molecule has 7 nitrogen and oxygen atoms in total. The van der Waals surface area contributed by atoms with Crippen molar-refractivity contribution in [2.24, 2.45) is 0 Å². The number of ketones is 1. The van der Waals surface area contributed by atoms with E-state index in [1.165, 1.54) is 28.4 Å². The van der Waals surface area contributed by atoms with Crippen LogP contribution in [0.15, 0.2) is 59.6 Å². The molecule has 2 aliphatic rings. The fraction of sp³-hybridized carbons (Fsp3) is 0.174. The normalized spacial score (nSPS) is 21.9. The Morgan fingerprint density at radius 3 is 2.81 bits per heavy atom. The number of Topliss-reactive ketones (excluding diaryl/α,β-unsaturated/α-hetero) is 1. The Balaban J connectivity index is 1.69. The van der Waals surface area contributed by atoms with E-state index in [4.69, 9.17) is 4.74 Å². The lowest BCUT2D eigenvalue weighted by Gasteiger charge is -2.23. The zero-order chi connectivity index (χ0) is 21.7. The maximum Gasteiger partial charge on any atom is 0.301 e. The summed E-state index contributed by atoms with van der Waals surface area (Å²) in [7, 11) is 0. The average molecular weight is 434 g/mol. The number of carbonyl (C=O) groups is 2. The highest BCUT2D eigenvalue weighted by Gasteiger charge is 2.48. The molecule has 8 heteroatoms. The van der Waals surface area contributed by atoms with Gasteiger partial charge in [0.2, 0.25) is 0 Å². The number of aromatic nitrogens is 1. The quantitative estimate of drug-likeness (QED) is 0.370. The van der Waals surface area contributed by atoms with Crippen LogP contribution in [0.5, 0.6) is 11.5 Å². The first kappa shape index (κ1) is 19.3. The van der Waals surface area contributed by atoms with E-state index in [9.17, 15) is 19.8 Å². The summed E-state index contributed by atoms with van der Waals surface area (Å²) in [6, 6.07) is 10.6. The predicted molar refractivity (Wildman–Crippen MR) is 115 cm³/mol. The van der Waals surface area contributed by atoms with Crippen LogP contribution in [0.4, 0.5) is 5.13 Å². The van der Waals surface area contributed by atoms with Crippen molar-refractivity contribution >= 4 is 33.9 Å². The van der Waals surface area contributed by atoms with E-state index in [0.29, 0.717) is 22.7 Å². The molecule has 0 bridgehead atoms. The Bertz CT molecular complexity index is 1230. The van der Waals surface area contributed by atoms with Gasteiger partial charge in [-0.3, -0.25) is 14.5 Å². The van der Waals surface area contributed by atoms with Crippen LogP contribution in [0.3, 0.4) is 0 Å². The Kier molecular flexibility index (Phi) is 4.51. The molecule has 1 aromatic heterocycles. The van der Waals surface area contributed by atoms with Crippen molar-refractivity contribution in [2.45, 2.75) is 25.5 Å². The van der Waals surface area contributed by atoms with Crippen LogP contribution in [0, 0.1) is 0 Å². The number of phenols is 1. The number of phenolic OH excluding ortho intramolecular Hbond substituents is 1. The molecule has 31 heavy (non-hydrogen) atoms. The van der Waals surface area contributed by atoms with Gasteiger partial charge in [0, 0.05) is 23.6 Å².